The van der Waals surface area contributed by atoms with Crippen molar-refractivity contribution in [3.8, 4) is 23.0 Å². The summed E-state index contributed by atoms with van der Waals surface area (Å²) in [4.78, 5) is 0. The maximum Gasteiger partial charge on any atom is 0.119 e. The fraction of sp³-hybridized carbons (Fsp3) is 0.520. The second kappa shape index (κ2) is 28.5. The van der Waals surface area contributed by atoms with Crippen LogP contribution in [0.15, 0.2) is 97.1 Å². The maximum absolute atomic E-state index is 9.02. The van der Waals surface area contributed by atoms with Crippen LogP contribution in [0.5, 0.6) is 23.0 Å². The Labute approximate surface area is 443 Å². The third-order valence-electron chi connectivity index (χ3n) is 10.4. The fourth-order valence-corrected chi connectivity index (χ4v) is 11.3. The quantitative estimate of drug-likeness (QED) is 0.0952. The summed E-state index contributed by atoms with van der Waals surface area (Å²) in [5.74, 6) is 2.87. The lowest BCUT2D eigenvalue weighted by Crippen LogP contribution is -2.42. The lowest BCUT2D eigenvalue weighted by molar-refractivity contribution is 0.0520. The Kier molecular flexibility index (Phi) is 27.1. The minimum Gasteiger partial charge on any atom is -0.508 e. The van der Waals surface area contributed by atoms with E-state index >= 15 is 0 Å². The van der Waals surface area contributed by atoms with Gasteiger partial charge in [0, 0.05) is 75.8 Å². The molecule has 0 fully saturated rings. The molecule has 0 aromatic heterocycles. The molecular formula is C50H69B6Br5O4. The SMILES string of the molecule is BrCC(CBr)(CBr)CBr.CC(C)(C)c1ccc(O)cc1.CC(C)(C)c1ccc(OCC(CBr)(COc2ccc(C(C)(C)C)cc2)COc2ccc(C(C)(C)C)cc2)cc1.[B]B([B])B([B])[B]. The van der Waals surface area contributed by atoms with E-state index < -0.39 is 18.2 Å². The van der Waals surface area contributed by atoms with Crippen molar-refractivity contribution in [2.24, 2.45) is 10.8 Å². The number of aromatic hydroxyl groups is 1. The van der Waals surface area contributed by atoms with Crippen LogP contribution >= 0.6 is 79.6 Å². The minimum absolute atomic E-state index is 0.102. The van der Waals surface area contributed by atoms with Crippen molar-refractivity contribution < 1.29 is 19.3 Å². The van der Waals surface area contributed by atoms with Crippen LogP contribution in [0.1, 0.15) is 105 Å². The Morgan fingerprint density at radius 3 is 0.723 bits per heavy atom. The van der Waals surface area contributed by atoms with E-state index in [-0.39, 0.29) is 21.7 Å². The van der Waals surface area contributed by atoms with Crippen molar-refractivity contribution in [3.63, 3.8) is 0 Å². The molecular weight excluding hydrogens is 1130 g/mol. The Hall–Kier alpha value is -1.13. The zero-order valence-electron chi connectivity index (χ0n) is 40.9. The molecule has 65 heavy (non-hydrogen) atoms. The van der Waals surface area contributed by atoms with E-state index in [1.807, 2.05) is 12.1 Å². The molecule has 0 amide bonds. The predicted octanol–water partition coefficient (Wildman–Crippen LogP) is 13.5. The number of hydrogen-bond acceptors (Lipinski definition) is 4. The number of benzene rings is 4. The molecule has 1 N–H and O–H groups in total. The number of alkyl halides is 5. The molecule has 4 aromatic carbocycles. The van der Waals surface area contributed by atoms with Crippen LogP contribution in [-0.2, 0) is 21.7 Å². The highest BCUT2D eigenvalue weighted by Crippen LogP contribution is 2.32. The average Bonchev–Trinajstić information content (AvgIpc) is 3.24. The van der Waals surface area contributed by atoms with Crippen molar-refractivity contribution >= 4 is 123 Å². The van der Waals surface area contributed by atoms with Crippen molar-refractivity contribution in [3.05, 3.63) is 119 Å². The second-order valence-electron chi connectivity index (χ2n) is 20.8. The fourth-order valence-electron chi connectivity index (χ4n) is 5.28. The molecule has 8 radical (unpaired) electrons. The monoisotopic (exact) mass is 1190 g/mol. The van der Waals surface area contributed by atoms with Crippen LogP contribution in [0.25, 0.3) is 0 Å². The molecule has 0 bridgehead atoms. The topological polar surface area (TPSA) is 47.9 Å². The Bertz CT molecular complexity index is 1710. The molecule has 4 rings (SSSR count). The number of rotatable bonds is 15. The van der Waals surface area contributed by atoms with Gasteiger partial charge in [-0.2, -0.15) is 0 Å². The third kappa shape index (κ3) is 23.4. The highest BCUT2D eigenvalue weighted by Gasteiger charge is 2.34. The molecule has 0 atom stereocenters. The van der Waals surface area contributed by atoms with Crippen molar-refractivity contribution in [2.75, 3.05) is 46.5 Å². The second-order valence-corrected chi connectivity index (χ2v) is 23.6. The smallest absolute Gasteiger partial charge is 0.119 e. The summed E-state index contributed by atoms with van der Waals surface area (Å²) in [6, 6.07) is 32.5. The van der Waals surface area contributed by atoms with Crippen molar-refractivity contribution in [1.82, 2.24) is 0 Å². The Balaban J connectivity index is 0.000000653. The normalized spacial score (nSPS) is 12.0. The highest BCUT2D eigenvalue weighted by atomic mass is 79.9. The van der Waals surface area contributed by atoms with Crippen LogP contribution < -0.4 is 14.2 Å². The molecule has 4 nitrogen and oxygen atoms in total. The van der Waals surface area contributed by atoms with Gasteiger partial charge in [0.25, 0.3) is 0 Å². The van der Waals surface area contributed by atoms with E-state index in [9.17, 15) is 0 Å². The van der Waals surface area contributed by atoms with Gasteiger partial charge in [-0.25, -0.2) is 0 Å². The lowest BCUT2D eigenvalue weighted by Gasteiger charge is -2.32. The summed E-state index contributed by atoms with van der Waals surface area (Å²) in [6.07, 6.45) is -1.19. The number of hydrogen-bond donors (Lipinski definition) is 1. The van der Waals surface area contributed by atoms with E-state index in [1.54, 1.807) is 12.1 Å². The minimum atomic E-state index is -0.593. The zero-order chi connectivity index (χ0) is 49.9. The summed E-state index contributed by atoms with van der Waals surface area (Å²) in [5, 5.41) is 13.8. The first kappa shape index (κ1) is 61.9. The molecule has 0 spiro atoms. The van der Waals surface area contributed by atoms with Gasteiger partial charge in [0.2, 0.25) is 0 Å². The molecule has 346 valence electrons. The highest BCUT2D eigenvalue weighted by molar-refractivity contribution is 9.11. The average molecular weight is 1200 g/mol. The van der Waals surface area contributed by atoms with Crippen LogP contribution in [0, 0.1) is 10.8 Å². The van der Waals surface area contributed by atoms with Gasteiger partial charge in [0.15, 0.2) is 0 Å². The molecule has 0 unspecified atom stereocenters. The van der Waals surface area contributed by atoms with E-state index in [0.29, 0.717) is 36.3 Å². The number of halogens is 5. The van der Waals surface area contributed by atoms with Gasteiger partial charge in [0.1, 0.15) is 42.8 Å². The van der Waals surface area contributed by atoms with E-state index in [4.69, 9.17) is 50.3 Å². The summed E-state index contributed by atoms with van der Waals surface area (Å²) in [5.41, 5.74) is 5.50. The van der Waals surface area contributed by atoms with Gasteiger partial charge < -0.3 is 19.3 Å². The summed E-state index contributed by atoms with van der Waals surface area (Å²) in [7, 11) is 19.9. The van der Waals surface area contributed by atoms with Gasteiger partial charge in [-0.05, 0) is 92.4 Å². The summed E-state index contributed by atoms with van der Waals surface area (Å²) < 4.78 is 19.0. The lowest BCUT2D eigenvalue weighted by atomic mass is 8.81. The van der Waals surface area contributed by atoms with E-state index in [0.717, 1.165) is 38.6 Å². The molecule has 0 saturated heterocycles. The maximum atomic E-state index is 9.02. The number of phenols is 1. The Morgan fingerprint density at radius 2 is 0.569 bits per heavy atom. The molecule has 4 aromatic rings. The summed E-state index contributed by atoms with van der Waals surface area (Å²) in [6.45, 7) is 27.8. The molecule has 0 saturated carbocycles. The van der Waals surface area contributed by atoms with Gasteiger partial charge in [-0.15, -0.1) is 0 Å². The largest absolute Gasteiger partial charge is 0.508 e. The third-order valence-corrected chi connectivity index (χ3v) is 16.3. The van der Waals surface area contributed by atoms with Gasteiger partial charge in [-0.1, -0.05) is 211 Å². The van der Waals surface area contributed by atoms with Crippen molar-refractivity contribution in [1.29, 1.82) is 0 Å². The van der Waals surface area contributed by atoms with E-state index in [1.165, 1.54) is 22.3 Å². The van der Waals surface area contributed by atoms with Gasteiger partial charge in [0.05, 0.1) is 5.41 Å². The molecule has 15 heteroatoms. The standard InChI is InChI=1S/C35H47BrO3.C10H14O.C5H8Br4.B6/c1-32(2,3)26-10-16-29(17-11-26)37-23-35(22-36,24-38-30-18-12-27(13-19-30)33(4,5)6)25-39-31-20-14-28(15-21-31)34(7,8)9;1-10(2,3)8-4-6-9(11)7-5-8;6-1-5(2-7,3-8)4-9;1-5(2)6(3)4/h10-21H,22-25H2,1-9H3;4-7,11H,1-3H3;1-4H2;. The van der Waals surface area contributed by atoms with Crippen molar-refractivity contribution in [2.45, 2.75) is 105 Å². The van der Waals surface area contributed by atoms with Gasteiger partial charge in [-0.3, -0.25) is 0 Å². The number of phenolic OH excluding ortho intramolecular Hbond substituents is 1. The first-order chi connectivity index (χ1) is 30.0. The molecule has 0 aliphatic heterocycles. The summed E-state index contributed by atoms with van der Waals surface area (Å²) >= 11 is 17.6. The van der Waals surface area contributed by atoms with Gasteiger partial charge >= 0.3 is 0 Å². The first-order valence-corrected chi connectivity index (χ1v) is 27.4. The molecule has 0 aliphatic carbocycles. The van der Waals surface area contributed by atoms with Crippen LogP contribution in [-0.4, -0.2) is 95.3 Å². The zero-order valence-corrected chi connectivity index (χ0v) is 48.9. The van der Waals surface area contributed by atoms with Crippen LogP contribution in [0.3, 0.4) is 0 Å². The molecule has 0 heterocycles. The van der Waals surface area contributed by atoms with Crippen LogP contribution in [0.4, 0.5) is 0 Å². The van der Waals surface area contributed by atoms with E-state index in [2.05, 4.69) is 236 Å². The first-order valence-electron chi connectivity index (χ1n) is 21.8. The van der Waals surface area contributed by atoms with Crippen LogP contribution in [0.2, 0.25) is 0 Å². The molecule has 0 aliphatic rings. The number of ether oxygens (including phenoxy) is 3. The Morgan fingerprint density at radius 1 is 0.369 bits per heavy atom. The predicted molar refractivity (Wildman–Crippen MR) is 307 cm³/mol.